The second-order valence-electron chi connectivity index (χ2n) is 3.44. The summed E-state index contributed by atoms with van der Waals surface area (Å²) in [7, 11) is 0. The molecule has 0 fully saturated rings. The molecule has 2 N–H and O–H groups in total. The van der Waals surface area contributed by atoms with Gasteiger partial charge in [0, 0.05) is 16.5 Å². The van der Waals surface area contributed by atoms with E-state index >= 15 is 0 Å². The van der Waals surface area contributed by atoms with Crippen molar-refractivity contribution in [1.82, 2.24) is 0 Å². The zero-order valence-electron chi connectivity index (χ0n) is 8.61. The van der Waals surface area contributed by atoms with Gasteiger partial charge in [0.05, 0.1) is 12.7 Å². The zero-order chi connectivity index (χ0) is 11.3. The molecule has 1 aromatic carbocycles. The highest BCUT2D eigenvalue weighted by molar-refractivity contribution is 7.98. The molecule has 4 heteroatoms. The standard InChI is InChI=1S/C11H15ClO2S/c1-8-4-9(2-3-11(8)12)6-15-7-10(14)5-13/h2-4,10,13-14H,5-7H2,1H3. The average molecular weight is 247 g/mol. The van der Waals surface area contributed by atoms with E-state index in [0.717, 1.165) is 16.3 Å². The van der Waals surface area contributed by atoms with E-state index in [9.17, 15) is 0 Å². The van der Waals surface area contributed by atoms with Gasteiger partial charge in [-0.1, -0.05) is 23.7 Å². The van der Waals surface area contributed by atoms with E-state index < -0.39 is 6.10 Å². The molecule has 0 aliphatic rings. The van der Waals surface area contributed by atoms with E-state index in [4.69, 9.17) is 21.8 Å². The molecule has 0 aromatic heterocycles. The van der Waals surface area contributed by atoms with E-state index in [0.29, 0.717) is 5.75 Å². The minimum Gasteiger partial charge on any atom is -0.394 e. The van der Waals surface area contributed by atoms with Crippen LogP contribution in [0, 0.1) is 6.92 Å². The van der Waals surface area contributed by atoms with Crippen LogP contribution in [0.15, 0.2) is 18.2 Å². The summed E-state index contributed by atoms with van der Waals surface area (Å²) in [4.78, 5) is 0. The van der Waals surface area contributed by atoms with Crippen LogP contribution in [-0.4, -0.2) is 28.7 Å². The molecule has 0 heterocycles. The minimum absolute atomic E-state index is 0.174. The summed E-state index contributed by atoms with van der Waals surface area (Å²) in [6, 6.07) is 5.91. The van der Waals surface area contributed by atoms with Crippen LogP contribution >= 0.6 is 23.4 Å². The number of halogens is 1. The molecular formula is C11H15ClO2S. The zero-order valence-corrected chi connectivity index (χ0v) is 10.2. The lowest BCUT2D eigenvalue weighted by molar-refractivity contribution is 0.113. The predicted octanol–water partition coefficient (Wildman–Crippen LogP) is 2.23. The van der Waals surface area contributed by atoms with E-state index in [1.165, 1.54) is 5.56 Å². The van der Waals surface area contributed by atoms with E-state index in [2.05, 4.69) is 0 Å². The van der Waals surface area contributed by atoms with Crippen molar-refractivity contribution < 1.29 is 10.2 Å². The highest BCUT2D eigenvalue weighted by Crippen LogP contribution is 2.20. The summed E-state index contributed by atoms with van der Waals surface area (Å²) in [5, 5.41) is 18.6. The molecule has 0 aliphatic heterocycles. The van der Waals surface area contributed by atoms with Gasteiger partial charge in [0.1, 0.15) is 0 Å². The Kier molecular flexibility index (Phi) is 5.47. The minimum atomic E-state index is -0.622. The predicted molar refractivity (Wildman–Crippen MR) is 65.4 cm³/mol. The van der Waals surface area contributed by atoms with Gasteiger partial charge in [0.25, 0.3) is 0 Å². The van der Waals surface area contributed by atoms with E-state index in [1.807, 2.05) is 25.1 Å². The Hall–Kier alpha value is -0.220. The number of thioether (sulfide) groups is 1. The molecule has 1 atom stereocenters. The monoisotopic (exact) mass is 246 g/mol. The molecule has 0 saturated heterocycles. The second-order valence-corrected chi connectivity index (χ2v) is 4.87. The summed E-state index contributed by atoms with van der Waals surface area (Å²) in [5.74, 6) is 1.38. The summed E-state index contributed by atoms with van der Waals surface area (Å²) >= 11 is 7.51. The molecule has 1 unspecified atom stereocenters. The third-order valence-electron chi connectivity index (χ3n) is 2.01. The van der Waals surface area contributed by atoms with Gasteiger partial charge in [-0.25, -0.2) is 0 Å². The Labute approximate surface area is 99.3 Å². The number of benzene rings is 1. The summed E-state index contributed by atoms with van der Waals surface area (Å²) < 4.78 is 0. The lowest BCUT2D eigenvalue weighted by Crippen LogP contribution is -2.14. The Balaban J connectivity index is 2.41. The first kappa shape index (κ1) is 12.8. The molecule has 0 radical (unpaired) electrons. The molecule has 0 amide bonds. The van der Waals surface area contributed by atoms with Crippen molar-refractivity contribution >= 4 is 23.4 Å². The van der Waals surface area contributed by atoms with Gasteiger partial charge in [-0.05, 0) is 24.1 Å². The van der Waals surface area contributed by atoms with Gasteiger partial charge in [0.15, 0.2) is 0 Å². The van der Waals surface area contributed by atoms with Crippen LogP contribution in [0.25, 0.3) is 0 Å². The third-order valence-corrected chi connectivity index (χ3v) is 3.59. The topological polar surface area (TPSA) is 40.5 Å². The maximum Gasteiger partial charge on any atom is 0.0861 e. The lowest BCUT2D eigenvalue weighted by atomic mass is 10.2. The van der Waals surface area contributed by atoms with Crippen molar-refractivity contribution in [3.63, 3.8) is 0 Å². The molecule has 0 saturated carbocycles. The Morgan fingerprint density at radius 1 is 1.47 bits per heavy atom. The average Bonchev–Trinajstić information content (AvgIpc) is 2.23. The summed E-state index contributed by atoms with van der Waals surface area (Å²) in [6.45, 7) is 1.80. The lowest BCUT2D eigenvalue weighted by Gasteiger charge is -2.07. The molecule has 2 nitrogen and oxygen atoms in total. The normalized spacial score (nSPS) is 12.8. The fourth-order valence-corrected chi connectivity index (χ4v) is 2.19. The van der Waals surface area contributed by atoms with Gasteiger partial charge in [-0.2, -0.15) is 11.8 Å². The maximum atomic E-state index is 9.14. The second kappa shape index (κ2) is 6.38. The van der Waals surface area contributed by atoms with Crippen LogP contribution in [0.4, 0.5) is 0 Å². The number of hydrogen-bond acceptors (Lipinski definition) is 3. The van der Waals surface area contributed by atoms with Gasteiger partial charge in [-0.15, -0.1) is 0 Å². The molecule has 84 valence electrons. The van der Waals surface area contributed by atoms with Gasteiger partial charge in [-0.3, -0.25) is 0 Å². The Morgan fingerprint density at radius 3 is 2.80 bits per heavy atom. The van der Waals surface area contributed by atoms with Crippen LogP contribution in [-0.2, 0) is 5.75 Å². The number of rotatable bonds is 5. The van der Waals surface area contributed by atoms with Gasteiger partial charge in [0.2, 0.25) is 0 Å². The first-order valence-electron chi connectivity index (χ1n) is 4.75. The maximum absolute atomic E-state index is 9.14. The van der Waals surface area contributed by atoms with Gasteiger partial charge < -0.3 is 10.2 Å². The Morgan fingerprint density at radius 2 is 2.20 bits per heavy atom. The summed E-state index contributed by atoms with van der Waals surface area (Å²) in [6.07, 6.45) is -0.622. The number of hydrogen-bond donors (Lipinski definition) is 2. The van der Waals surface area contributed by atoms with Gasteiger partial charge >= 0.3 is 0 Å². The highest BCUT2D eigenvalue weighted by Gasteiger charge is 2.03. The fraction of sp³-hybridized carbons (Fsp3) is 0.455. The first-order valence-corrected chi connectivity index (χ1v) is 6.28. The molecule has 0 spiro atoms. The van der Waals surface area contributed by atoms with Crippen molar-refractivity contribution in [3.05, 3.63) is 34.3 Å². The van der Waals surface area contributed by atoms with Crippen molar-refractivity contribution in [2.75, 3.05) is 12.4 Å². The molecule has 1 rings (SSSR count). The molecule has 15 heavy (non-hydrogen) atoms. The molecular weight excluding hydrogens is 232 g/mol. The van der Waals surface area contributed by atoms with Crippen LogP contribution in [0.3, 0.4) is 0 Å². The van der Waals surface area contributed by atoms with Crippen LogP contribution in [0.1, 0.15) is 11.1 Å². The smallest absolute Gasteiger partial charge is 0.0861 e. The first-order chi connectivity index (χ1) is 7.13. The molecule has 0 bridgehead atoms. The van der Waals surface area contributed by atoms with Crippen LogP contribution in [0.2, 0.25) is 5.02 Å². The number of aliphatic hydroxyl groups is 2. The van der Waals surface area contributed by atoms with Crippen molar-refractivity contribution in [2.24, 2.45) is 0 Å². The quantitative estimate of drug-likeness (QED) is 0.837. The van der Waals surface area contributed by atoms with Crippen molar-refractivity contribution in [2.45, 2.75) is 18.8 Å². The van der Waals surface area contributed by atoms with Crippen molar-refractivity contribution in [1.29, 1.82) is 0 Å². The van der Waals surface area contributed by atoms with Crippen molar-refractivity contribution in [3.8, 4) is 0 Å². The molecule has 0 aliphatic carbocycles. The third kappa shape index (κ3) is 4.43. The molecule has 1 aromatic rings. The van der Waals surface area contributed by atoms with Crippen LogP contribution < -0.4 is 0 Å². The summed E-state index contributed by atoms with van der Waals surface area (Å²) in [5.41, 5.74) is 2.25. The Bertz CT molecular complexity index is 317. The van der Waals surface area contributed by atoms with E-state index in [-0.39, 0.29) is 6.61 Å². The number of aryl methyl sites for hydroxylation is 1. The largest absolute Gasteiger partial charge is 0.394 e. The highest BCUT2D eigenvalue weighted by atomic mass is 35.5. The number of aliphatic hydroxyl groups excluding tert-OH is 2. The van der Waals surface area contributed by atoms with E-state index in [1.54, 1.807) is 11.8 Å². The van der Waals surface area contributed by atoms with Crippen LogP contribution in [0.5, 0.6) is 0 Å². The fourth-order valence-electron chi connectivity index (χ4n) is 1.16. The SMILES string of the molecule is Cc1cc(CSCC(O)CO)ccc1Cl.